The van der Waals surface area contributed by atoms with E-state index in [1.54, 1.807) is 20.5 Å². The van der Waals surface area contributed by atoms with E-state index in [4.69, 9.17) is 19.6 Å². The van der Waals surface area contributed by atoms with Crippen molar-refractivity contribution < 1.29 is 13.9 Å². The molecule has 4 nitrogen and oxygen atoms in total. The van der Waals surface area contributed by atoms with E-state index in [-0.39, 0.29) is 6.04 Å². The summed E-state index contributed by atoms with van der Waals surface area (Å²) in [7, 11) is 3.25. The number of aryl methyl sites for hydroxylation is 1. The fourth-order valence-electron chi connectivity index (χ4n) is 2.21. The Kier molecular flexibility index (Phi) is 4.73. The van der Waals surface area contributed by atoms with Crippen LogP contribution in [0.15, 0.2) is 33.4 Å². The molecule has 0 fully saturated rings. The molecule has 2 aromatic rings. The summed E-state index contributed by atoms with van der Waals surface area (Å²) in [6, 6.07) is 5.33. The van der Waals surface area contributed by atoms with Crippen LogP contribution in [0.1, 0.15) is 29.9 Å². The molecule has 20 heavy (non-hydrogen) atoms. The molecule has 0 amide bonds. The molecule has 0 bridgehead atoms. The minimum atomic E-state index is -0.319. The number of rotatable bonds is 5. The fourth-order valence-corrected chi connectivity index (χ4v) is 2.69. The summed E-state index contributed by atoms with van der Waals surface area (Å²) in [5, 5.41) is 0. The zero-order valence-electron chi connectivity index (χ0n) is 11.8. The van der Waals surface area contributed by atoms with Crippen molar-refractivity contribution >= 4 is 15.9 Å². The lowest BCUT2D eigenvalue weighted by Gasteiger charge is -2.17. The highest BCUT2D eigenvalue weighted by molar-refractivity contribution is 9.10. The molecule has 1 heterocycles. The van der Waals surface area contributed by atoms with Crippen LogP contribution in [0.5, 0.6) is 11.5 Å². The number of furan rings is 1. The second-order valence-corrected chi connectivity index (χ2v) is 5.21. The van der Waals surface area contributed by atoms with Crippen molar-refractivity contribution in [3.8, 4) is 11.5 Å². The summed E-state index contributed by atoms with van der Waals surface area (Å²) in [4.78, 5) is 0. The summed E-state index contributed by atoms with van der Waals surface area (Å²) in [6.45, 7) is 2.04. The van der Waals surface area contributed by atoms with Gasteiger partial charge in [-0.05, 0) is 34.1 Å². The van der Waals surface area contributed by atoms with Crippen molar-refractivity contribution in [2.24, 2.45) is 5.73 Å². The minimum absolute atomic E-state index is 0.319. The van der Waals surface area contributed by atoms with E-state index in [0.29, 0.717) is 5.75 Å². The van der Waals surface area contributed by atoms with Crippen LogP contribution >= 0.6 is 15.9 Å². The maximum atomic E-state index is 6.38. The predicted molar refractivity (Wildman–Crippen MR) is 81.4 cm³/mol. The molecular weight excluding hydrogens is 322 g/mol. The van der Waals surface area contributed by atoms with Crippen LogP contribution in [0.3, 0.4) is 0 Å². The largest absolute Gasteiger partial charge is 0.496 e. The van der Waals surface area contributed by atoms with E-state index >= 15 is 0 Å². The molecule has 1 unspecified atom stereocenters. The lowest BCUT2D eigenvalue weighted by atomic mass is 9.98. The molecule has 0 saturated heterocycles. The van der Waals surface area contributed by atoms with Gasteiger partial charge in [0.2, 0.25) is 0 Å². The number of nitrogens with two attached hydrogens (primary N) is 1. The second kappa shape index (κ2) is 6.33. The molecule has 2 N–H and O–H groups in total. The molecule has 1 aromatic carbocycles. The maximum absolute atomic E-state index is 6.38. The van der Waals surface area contributed by atoms with Crippen LogP contribution in [-0.2, 0) is 6.42 Å². The quantitative estimate of drug-likeness (QED) is 0.902. The van der Waals surface area contributed by atoms with E-state index in [9.17, 15) is 0 Å². The van der Waals surface area contributed by atoms with Crippen molar-refractivity contribution in [3.05, 3.63) is 45.8 Å². The van der Waals surface area contributed by atoms with Crippen molar-refractivity contribution in [1.82, 2.24) is 0 Å². The Balaban J connectivity index is 2.50. The first-order valence-electron chi connectivity index (χ1n) is 6.35. The van der Waals surface area contributed by atoms with Crippen LogP contribution in [0, 0.1) is 0 Å². The average molecular weight is 340 g/mol. The van der Waals surface area contributed by atoms with Crippen molar-refractivity contribution in [1.29, 1.82) is 0 Å². The minimum Gasteiger partial charge on any atom is -0.496 e. The van der Waals surface area contributed by atoms with Gasteiger partial charge < -0.3 is 19.6 Å². The van der Waals surface area contributed by atoms with Crippen LogP contribution in [-0.4, -0.2) is 14.2 Å². The summed E-state index contributed by atoms with van der Waals surface area (Å²) < 4.78 is 17.0. The number of hydrogen-bond donors (Lipinski definition) is 1. The smallest absolute Gasteiger partial charge is 0.133 e. The third-order valence-electron chi connectivity index (χ3n) is 3.28. The number of ether oxygens (including phenoxy) is 2. The number of halogens is 1. The molecule has 0 radical (unpaired) electrons. The van der Waals surface area contributed by atoms with Gasteiger partial charge in [0, 0.05) is 17.5 Å². The van der Waals surface area contributed by atoms with Gasteiger partial charge in [0.15, 0.2) is 0 Å². The lowest BCUT2D eigenvalue weighted by molar-refractivity contribution is 0.395. The highest BCUT2D eigenvalue weighted by atomic mass is 79.9. The molecule has 2 rings (SSSR count). The lowest BCUT2D eigenvalue weighted by Crippen LogP contribution is -2.14. The van der Waals surface area contributed by atoms with Crippen molar-refractivity contribution in [2.75, 3.05) is 14.2 Å². The standard InChI is InChI=1S/C15H18BrNO3/c1-4-12-9(5-6-20-12)15(17)10-7-14(19-3)11(16)8-13(10)18-2/h5-8,15H,4,17H2,1-3H3. The molecule has 0 aliphatic rings. The first kappa shape index (κ1) is 14.9. The highest BCUT2D eigenvalue weighted by Gasteiger charge is 2.20. The molecule has 0 spiro atoms. The van der Waals surface area contributed by atoms with Gasteiger partial charge in [-0.3, -0.25) is 0 Å². The molecule has 1 atom stereocenters. The van der Waals surface area contributed by atoms with E-state index in [1.807, 2.05) is 25.1 Å². The fraction of sp³-hybridized carbons (Fsp3) is 0.333. The van der Waals surface area contributed by atoms with Crippen LogP contribution in [0.25, 0.3) is 0 Å². The Morgan fingerprint density at radius 1 is 1.20 bits per heavy atom. The Morgan fingerprint density at radius 3 is 2.50 bits per heavy atom. The van der Waals surface area contributed by atoms with E-state index in [0.717, 1.165) is 33.5 Å². The Labute approximate surface area is 127 Å². The van der Waals surface area contributed by atoms with Gasteiger partial charge in [0.1, 0.15) is 17.3 Å². The zero-order chi connectivity index (χ0) is 14.7. The van der Waals surface area contributed by atoms with Crippen molar-refractivity contribution in [2.45, 2.75) is 19.4 Å². The number of hydrogen-bond acceptors (Lipinski definition) is 4. The normalized spacial score (nSPS) is 12.2. The molecule has 0 aliphatic carbocycles. The second-order valence-electron chi connectivity index (χ2n) is 4.36. The van der Waals surface area contributed by atoms with Gasteiger partial charge in [-0.1, -0.05) is 6.92 Å². The van der Waals surface area contributed by atoms with Crippen molar-refractivity contribution in [3.63, 3.8) is 0 Å². The summed E-state index contributed by atoms with van der Waals surface area (Å²) in [6.07, 6.45) is 2.46. The maximum Gasteiger partial charge on any atom is 0.133 e. The first-order valence-corrected chi connectivity index (χ1v) is 7.14. The van der Waals surface area contributed by atoms with Crippen LogP contribution in [0.2, 0.25) is 0 Å². The van der Waals surface area contributed by atoms with E-state index in [2.05, 4.69) is 15.9 Å². The summed E-state index contributed by atoms with van der Waals surface area (Å²) >= 11 is 3.44. The molecule has 0 aliphatic heterocycles. The predicted octanol–water partition coefficient (Wildman–Crippen LogP) is 3.67. The molecule has 0 saturated carbocycles. The van der Waals surface area contributed by atoms with Gasteiger partial charge in [0.05, 0.1) is 31.0 Å². The summed E-state index contributed by atoms with van der Waals surface area (Å²) in [5.74, 6) is 2.33. The highest BCUT2D eigenvalue weighted by Crippen LogP contribution is 2.38. The van der Waals surface area contributed by atoms with Crippen LogP contribution in [0.4, 0.5) is 0 Å². The van der Waals surface area contributed by atoms with E-state index in [1.165, 1.54) is 0 Å². The molecule has 5 heteroatoms. The van der Waals surface area contributed by atoms with Crippen LogP contribution < -0.4 is 15.2 Å². The average Bonchev–Trinajstić information content (AvgIpc) is 2.94. The third kappa shape index (κ3) is 2.69. The Bertz CT molecular complexity index is 595. The molecule has 108 valence electrons. The Morgan fingerprint density at radius 2 is 1.90 bits per heavy atom. The van der Waals surface area contributed by atoms with Gasteiger partial charge in [-0.15, -0.1) is 0 Å². The topological polar surface area (TPSA) is 57.6 Å². The summed E-state index contributed by atoms with van der Waals surface area (Å²) in [5.41, 5.74) is 8.21. The SMILES string of the molecule is CCc1occc1C(N)c1cc(OC)c(Br)cc1OC. The van der Waals surface area contributed by atoms with E-state index < -0.39 is 0 Å². The van der Waals surface area contributed by atoms with Gasteiger partial charge in [-0.25, -0.2) is 0 Å². The third-order valence-corrected chi connectivity index (χ3v) is 3.89. The first-order chi connectivity index (χ1) is 9.62. The number of methoxy groups -OCH3 is 2. The van der Waals surface area contributed by atoms with Gasteiger partial charge in [0.25, 0.3) is 0 Å². The van der Waals surface area contributed by atoms with Gasteiger partial charge >= 0.3 is 0 Å². The monoisotopic (exact) mass is 339 g/mol. The number of benzene rings is 1. The van der Waals surface area contributed by atoms with Gasteiger partial charge in [-0.2, -0.15) is 0 Å². The molecule has 1 aromatic heterocycles. The molecular formula is C15H18BrNO3. The zero-order valence-corrected chi connectivity index (χ0v) is 13.4. The Hall–Kier alpha value is -1.46.